The van der Waals surface area contributed by atoms with E-state index in [1.54, 1.807) is 23.5 Å². The zero-order chi connectivity index (χ0) is 14.7. The smallest absolute Gasteiger partial charge is 0.123 e. The van der Waals surface area contributed by atoms with Crippen LogP contribution in [0.5, 0.6) is 0 Å². The lowest BCUT2D eigenvalue weighted by molar-refractivity contribution is 0.584. The quantitative estimate of drug-likeness (QED) is 0.761. The van der Waals surface area contributed by atoms with Crippen LogP contribution in [0.3, 0.4) is 0 Å². The predicted octanol–water partition coefficient (Wildman–Crippen LogP) is 5.36. The van der Waals surface area contributed by atoms with Crippen LogP contribution < -0.4 is 5.32 Å². The highest BCUT2D eigenvalue weighted by atomic mass is 79.9. The first-order valence-electron chi connectivity index (χ1n) is 6.77. The van der Waals surface area contributed by atoms with E-state index in [0.29, 0.717) is 0 Å². The van der Waals surface area contributed by atoms with Crippen molar-refractivity contribution < 1.29 is 4.39 Å². The molecule has 4 heteroatoms. The SMILES string of the molecule is CCCNC(c1cc(C)cc(F)c1)c1cc(Br)sc1C. The molecule has 0 aliphatic heterocycles. The minimum Gasteiger partial charge on any atom is -0.306 e. The molecular formula is C16H19BrFNS. The molecular weight excluding hydrogens is 337 g/mol. The highest BCUT2D eigenvalue weighted by Gasteiger charge is 2.18. The third-order valence-corrected chi connectivity index (χ3v) is 4.80. The molecule has 2 rings (SSSR count). The number of hydrogen-bond donors (Lipinski definition) is 1. The average Bonchev–Trinajstić information content (AvgIpc) is 2.68. The molecule has 1 aromatic heterocycles. The molecule has 1 nitrogen and oxygen atoms in total. The van der Waals surface area contributed by atoms with Gasteiger partial charge >= 0.3 is 0 Å². The van der Waals surface area contributed by atoms with Crippen molar-refractivity contribution in [1.82, 2.24) is 5.32 Å². The van der Waals surface area contributed by atoms with Crippen LogP contribution in [0.2, 0.25) is 0 Å². The predicted molar refractivity (Wildman–Crippen MR) is 88.0 cm³/mol. The summed E-state index contributed by atoms with van der Waals surface area (Å²) in [6, 6.07) is 7.43. The molecule has 0 bridgehead atoms. The van der Waals surface area contributed by atoms with Gasteiger partial charge in [-0.05, 0) is 77.6 Å². The van der Waals surface area contributed by atoms with Crippen molar-refractivity contribution in [2.45, 2.75) is 33.2 Å². The Kier molecular flexibility index (Phi) is 5.35. The molecule has 1 unspecified atom stereocenters. The van der Waals surface area contributed by atoms with E-state index < -0.39 is 0 Å². The number of rotatable bonds is 5. The van der Waals surface area contributed by atoms with E-state index in [9.17, 15) is 4.39 Å². The monoisotopic (exact) mass is 355 g/mol. The second kappa shape index (κ2) is 6.83. The molecule has 0 saturated heterocycles. The first kappa shape index (κ1) is 15.7. The molecule has 0 radical (unpaired) electrons. The van der Waals surface area contributed by atoms with Crippen LogP contribution in [-0.2, 0) is 0 Å². The maximum atomic E-state index is 13.7. The Hall–Kier alpha value is -0.710. The minimum absolute atomic E-state index is 0.0481. The molecule has 0 fully saturated rings. The third-order valence-electron chi connectivity index (χ3n) is 3.23. The van der Waals surface area contributed by atoms with Gasteiger partial charge in [-0.1, -0.05) is 13.0 Å². The van der Waals surface area contributed by atoms with Crippen molar-refractivity contribution in [3.8, 4) is 0 Å². The summed E-state index contributed by atoms with van der Waals surface area (Å²) in [5.74, 6) is -0.171. The number of thiophene rings is 1. The molecule has 0 aliphatic rings. The lowest BCUT2D eigenvalue weighted by Gasteiger charge is -2.20. The Balaban J connectivity index is 2.43. The Bertz CT molecular complexity index is 574. The van der Waals surface area contributed by atoms with Crippen LogP contribution in [-0.4, -0.2) is 6.54 Å². The van der Waals surface area contributed by atoms with E-state index in [1.807, 2.05) is 6.92 Å². The molecule has 0 spiro atoms. The summed E-state index contributed by atoms with van der Waals surface area (Å²) >= 11 is 5.25. The van der Waals surface area contributed by atoms with Crippen molar-refractivity contribution in [2.75, 3.05) is 6.54 Å². The molecule has 1 aromatic carbocycles. The van der Waals surface area contributed by atoms with Crippen LogP contribution in [0.4, 0.5) is 4.39 Å². The van der Waals surface area contributed by atoms with Gasteiger partial charge < -0.3 is 5.32 Å². The number of hydrogen-bond acceptors (Lipinski definition) is 2. The van der Waals surface area contributed by atoms with Gasteiger partial charge in [-0.25, -0.2) is 4.39 Å². The fraction of sp³-hybridized carbons (Fsp3) is 0.375. The number of benzene rings is 1. The summed E-state index contributed by atoms with van der Waals surface area (Å²) in [5, 5.41) is 3.53. The lowest BCUT2D eigenvalue weighted by atomic mass is 9.97. The van der Waals surface area contributed by atoms with E-state index >= 15 is 0 Å². The normalized spacial score (nSPS) is 12.7. The molecule has 108 valence electrons. The highest BCUT2D eigenvalue weighted by molar-refractivity contribution is 9.11. The maximum Gasteiger partial charge on any atom is 0.123 e. The molecule has 1 heterocycles. The van der Waals surface area contributed by atoms with E-state index in [2.05, 4.69) is 47.2 Å². The van der Waals surface area contributed by atoms with Crippen LogP contribution in [0.1, 0.15) is 41.0 Å². The van der Waals surface area contributed by atoms with E-state index in [1.165, 1.54) is 10.4 Å². The van der Waals surface area contributed by atoms with Crippen LogP contribution in [0.15, 0.2) is 28.1 Å². The first-order valence-corrected chi connectivity index (χ1v) is 8.38. The zero-order valence-corrected chi connectivity index (χ0v) is 14.4. The summed E-state index contributed by atoms with van der Waals surface area (Å²) in [4.78, 5) is 1.26. The summed E-state index contributed by atoms with van der Waals surface area (Å²) in [6.45, 7) is 7.09. The van der Waals surface area contributed by atoms with Crippen LogP contribution in [0, 0.1) is 19.7 Å². The van der Waals surface area contributed by atoms with Gasteiger partial charge in [-0.3, -0.25) is 0 Å². The van der Waals surface area contributed by atoms with Gasteiger partial charge in [-0.2, -0.15) is 0 Å². The lowest BCUT2D eigenvalue weighted by Crippen LogP contribution is -2.23. The minimum atomic E-state index is -0.171. The van der Waals surface area contributed by atoms with Crippen molar-refractivity contribution in [2.24, 2.45) is 0 Å². The van der Waals surface area contributed by atoms with Gasteiger partial charge in [0.1, 0.15) is 5.82 Å². The summed E-state index contributed by atoms with van der Waals surface area (Å²) in [7, 11) is 0. The van der Waals surface area contributed by atoms with Gasteiger partial charge in [0.25, 0.3) is 0 Å². The second-order valence-electron chi connectivity index (χ2n) is 5.01. The van der Waals surface area contributed by atoms with Crippen molar-refractivity contribution in [1.29, 1.82) is 0 Å². The molecule has 1 atom stereocenters. The topological polar surface area (TPSA) is 12.0 Å². The first-order chi connectivity index (χ1) is 9.51. The van der Waals surface area contributed by atoms with Gasteiger partial charge in [0.2, 0.25) is 0 Å². The Morgan fingerprint density at radius 2 is 2.00 bits per heavy atom. The average molecular weight is 356 g/mol. The van der Waals surface area contributed by atoms with Gasteiger partial charge in [0.05, 0.1) is 9.83 Å². The summed E-state index contributed by atoms with van der Waals surface area (Å²) < 4.78 is 14.8. The highest BCUT2D eigenvalue weighted by Crippen LogP contribution is 2.34. The van der Waals surface area contributed by atoms with Crippen molar-refractivity contribution >= 4 is 27.3 Å². The fourth-order valence-electron chi connectivity index (χ4n) is 2.37. The number of halogens is 2. The Labute approximate surface area is 132 Å². The van der Waals surface area contributed by atoms with Gasteiger partial charge in [0.15, 0.2) is 0 Å². The van der Waals surface area contributed by atoms with E-state index in [4.69, 9.17) is 0 Å². The molecule has 2 aromatic rings. The largest absolute Gasteiger partial charge is 0.306 e. The van der Waals surface area contributed by atoms with Gasteiger partial charge in [0, 0.05) is 4.88 Å². The number of nitrogens with one attached hydrogen (secondary N) is 1. The van der Waals surface area contributed by atoms with Gasteiger partial charge in [-0.15, -0.1) is 11.3 Å². The standard InChI is InChI=1S/C16H19BrFNS/c1-4-5-19-16(14-9-15(17)20-11(14)3)12-6-10(2)7-13(18)8-12/h6-9,16,19H,4-5H2,1-3H3. The van der Waals surface area contributed by atoms with Crippen LogP contribution >= 0.6 is 27.3 Å². The molecule has 0 amide bonds. The van der Waals surface area contributed by atoms with E-state index in [0.717, 1.165) is 27.9 Å². The molecule has 0 aliphatic carbocycles. The van der Waals surface area contributed by atoms with E-state index in [-0.39, 0.29) is 11.9 Å². The van der Waals surface area contributed by atoms with Crippen molar-refractivity contribution in [3.05, 3.63) is 55.4 Å². The maximum absolute atomic E-state index is 13.7. The second-order valence-corrected chi connectivity index (χ2v) is 7.65. The fourth-order valence-corrected chi connectivity index (χ4v) is 4.12. The number of aryl methyl sites for hydroxylation is 2. The third kappa shape index (κ3) is 3.68. The van der Waals surface area contributed by atoms with Crippen LogP contribution in [0.25, 0.3) is 0 Å². The Morgan fingerprint density at radius 3 is 2.55 bits per heavy atom. The molecule has 0 saturated carbocycles. The molecule has 20 heavy (non-hydrogen) atoms. The zero-order valence-electron chi connectivity index (χ0n) is 12.0. The Morgan fingerprint density at radius 1 is 1.25 bits per heavy atom. The molecule has 1 N–H and O–H groups in total. The summed E-state index contributed by atoms with van der Waals surface area (Å²) in [6.07, 6.45) is 1.05. The summed E-state index contributed by atoms with van der Waals surface area (Å²) in [5.41, 5.74) is 3.17. The van der Waals surface area contributed by atoms with Crippen molar-refractivity contribution in [3.63, 3.8) is 0 Å².